The zero-order valence-electron chi connectivity index (χ0n) is 12.5. The molecule has 2 fully saturated rings. The molecule has 1 atom stereocenters. The fourth-order valence-electron chi connectivity index (χ4n) is 3.51. The Bertz CT molecular complexity index is 496. The summed E-state index contributed by atoms with van der Waals surface area (Å²) in [5.41, 5.74) is 0.271. The number of nitrogens with one attached hydrogen (secondary N) is 1. The molecule has 1 N–H and O–H groups in total. The Morgan fingerprint density at radius 1 is 1.00 bits per heavy atom. The Labute approximate surface area is 128 Å². The fraction of sp³-hybridized carbons (Fsp3) is 0.625. The molecule has 1 aromatic carbocycles. The van der Waals surface area contributed by atoms with Crippen LogP contribution in [0.15, 0.2) is 12.1 Å². The van der Waals surface area contributed by atoms with Crippen molar-refractivity contribution in [3.05, 3.63) is 35.1 Å². The maximum atomic E-state index is 14.3. The van der Waals surface area contributed by atoms with Crippen molar-refractivity contribution >= 4 is 0 Å². The molecule has 0 bridgehead atoms. The Kier molecular flexibility index (Phi) is 5.00. The van der Waals surface area contributed by atoms with Crippen LogP contribution in [0.1, 0.15) is 24.4 Å². The first-order chi connectivity index (χ1) is 10.7. The summed E-state index contributed by atoms with van der Waals surface area (Å²) < 4.78 is 46.6. The van der Waals surface area contributed by atoms with Gasteiger partial charge >= 0.3 is 0 Å². The van der Waals surface area contributed by atoms with Crippen LogP contribution in [0.5, 0.6) is 0 Å². The Balaban J connectivity index is 1.94. The molecule has 0 saturated carbocycles. The minimum atomic E-state index is -1.13. The van der Waals surface area contributed by atoms with Crippen molar-refractivity contribution in [3.63, 3.8) is 0 Å². The summed E-state index contributed by atoms with van der Waals surface area (Å²) in [6, 6.07) is 1.48. The normalized spacial score (nSPS) is 22.7. The number of halogens is 3. The van der Waals surface area contributed by atoms with E-state index in [1.165, 1.54) is 0 Å². The van der Waals surface area contributed by atoms with Crippen LogP contribution in [-0.4, -0.2) is 44.3 Å². The summed E-state index contributed by atoms with van der Waals surface area (Å²) >= 11 is 0. The van der Waals surface area contributed by atoms with Gasteiger partial charge in [-0.05, 0) is 24.8 Å². The molecule has 22 heavy (non-hydrogen) atoms. The molecular formula is C16H21F3N2O. The van der Waals surface area contributed by atoms with E-state index in [-0.39, 0.29) is 17.5 Å². The first-order valence-corrected chi connectivity index (χ1v) is 7.84. The lowest BCUT2D eigenvalue weighted by Gasteiger charge is -2.41. The predicted octanol–water partition coefficient (Wildman–Crippen LogP) is 2.48. The van der Waals surface area contributed by atoms with Crippen molar-refractivity contribution in [1.29, 1.82) is 0 Å². The molecule has 0 radical (unpaired) electrons. The molecule has 0 unspecified atom stereocenters. The van der Waals surface area contributed by atoms with Gasteiger partial charge in [-0.1, -0.05) is 0 Å². The Hall–Kier alpha value is -1.11. The molecule has 2 saturated heterocycles. The van der Waals surface area contributed by atoms with Gasteiger partial charge in [0.05, 0.1) is 0 Å². The largest absolute Gasteiger partial charge is 0.381 e. The second-order valence-corrected chi connectivity index (χ2v) is 5.97. The quantitative estimate of drug-likeness (QED) is 0.868. The van der Waals surface area contributed by atoms with Gasteiger partial charge in [0.1, 0.15) is 5.82 Å². The van der Waals surface area contributed by atoms with Crippen molar-refractivity contribution in [3.8, 4) is 0 Å². The van der Waals surface area contributed by atoms with E-state index in [1.54, 1.807) is 0 Å². The first-order valence-electron chi connectivity index (χ1n) is 7.84. The zero-order valence-corrected chi connectivity index (χ0v) is 12.5. The lowest BCUT2D eigenvalue weighted by atomic mass is 9.85. The average molecular weight is 314 g/mol. The van der Waals surface area contributed by atoms with E-state index in [0.29, 0.717) is 19.3 Å². The molecular weight excluding hydrogens is 293 g/mol. The summed E-state index contributed by atoms with van der Waals surface area (Å²) in [6.45, 7) is 4.48. The van der Waals surface area contributed by atoms with Crippen molar-refractivity contribution in [2.45, 2.75) is 18.9 Å². The van der Waals surface area contributed by atoms with Crippen LogP contribution >= 0.6 is 0 Å². The van der Waals surface area contributed by atoms with E-state index in [9.17, 15) is 13.2 Å². The van der Waals surface area contributed by atoms with Gasteiger partial charge in [-0.25, -0.2) is 13.2 Å². The summed E-state index contributed by atoms with van der Waals surface area (Å²) in [5.74, 6) is -2.57. The lowest BCUT2D eigenvalue weighted by molar-refractivity contribution is 0.0201. The third-order valence-electron chi connectivity index (χ3n) is 4.62. The monoisotopic (exact) mass is 314 g/mol. The zero-order chi connectivity index (χ0) is 15.5. The third-order valence-corrected chi connectivity index (χ3v) is 4.62. The molecule has 6 heteroatoms. The number of hydrogen-bond donors (Lipinski definition) is 1. The second kappa shape index (κ2) is 6.98. The van der Waals surface area contributed by atoms with E-state index < -0.39 is 17.5 Å². The summed E-state index contributed by atoms with van der Waals surface area (Å²) in [4.78, 5) is 2.18. The molecule has 2 aliphatic rings. The fourth-order valence-corrected chi connectivity index (χ4v) is 3.51. The highest BCUT2D eigenvalue weighted by Crippen LogP contribution is 2.37. The molecule has 3 rings (SSSR count). The van der Waals surface area contributed by atoms with Gasteiger partial charge in [0.15, 0.2) is 11.6 Å². The molecule has 1 aromatic rings. The maximum Gasteiger partial charge on any atom is 0.161 e. The summed E-state index contributed by atoms with van der Waals surface area (Å²) in [6.07, 6.45) is 1.63. The number of ether oxygens (including phenoxy) is 1. The highest BCUT2D eigenvalue weighted by Gasteiger charge is 2.33. The smallest absolute Gasteiger partial charge is 0.161 e. The summed E-state index contributed by atoms with van der Waals surface area (Å²) in [7, 11) is 0. The van der Waals surface area contributed by atoms with Crippen molar-refractivity contribution in [1.82, 2.24) is 10.2 Å². The Morgan fingerprint density at radius 2 is 1.64 bits per heavy atom. The van der Waals surface area contributed by atoms with Crippen LogP contribution < -0.4 is 5.32 Å². The van der Waals surface area contributed by atoms with E-state index >= 15 is 0 Å². The highest BCUT2D eigenvalue weighted by molar-refractivity contribution is 5.24. The van der Waals surface area contributed by atoms with Crippen LogP contribution in [0.4, 0.5) is 13.2 Å². The SMILES string of the molecule is Fc1cc(F)c([C@@H](C2CCOCC2)N2CCNCC2)cc1F. The van der Waals surface area contributed by atoms with Crippen molar-refractivity contribution < 1.29 is 17.9 Å². The highest BCUT2D eigenvalue weighted by atomic mass is 19.2. The second-order valence-electron chi connectivity index (χ2n) is 5.97. The first kappa shape index (κ1) is 15.8. The number of benzene rings is 1. The topological polar surface area (TPSA) is 24.5 Å². The van der Waals surface area contributed by atoms with Crippen LogP contribution in [-0.2, 0) is 4.74 Å². The molecule has 0 amide bonds. The number of rotatable bonds is 3. The summed E-state index contributed by atoms with van der Waals surface area (Å²) in [5, 5.41) is 3.26. The van der Waals surface area contributed by atoms with Gasteiger partial charge in [0.25, 0.3) is 0 Å². The molecule has 0 spiro atoms. The molecule has 2 heterocycles. The van der Waals surface area contributed by atoms with Crippen LogP contribution in [0.2, 0.25) is 0 Å². The van der Waals surface area contributed by atoms with Crippen molar-refractivity contribution in [2.24, 2.45) is 5.92 Å². The van der Waals surface area contributed by atoms with Gasteiger partial charge < -0.3 is 10.1 Å². The van der Waals surface area contributed by atoms with Crippen LogP contribution in [0, 0.1) is 23.4 Å². The van der Waals surface area contributed by atoms with Gasteiger partial charge in [-0.15, -0.1) is 0 Å². The minimum absolute atomic E-state index is 0.200. The number of hydrogen-bond acceptors (Lipinski definition) is 3. The average Bonchev–Trinajstić information content (AvgIpc) is 2.55. The molecule has 2 aliphatic heterocycles. The predicted molar refractivity (Wildman–Crippen MR) is 77.0 cm³/mol. The molecule has 0 aromatic heterocycles. The third kappa shape index (κ3) is 3.29. The van der Waals surface area contributed by atoms with E-state index in [1.807, 2.05) is 0 Å². The minimum Gasteiger partial charge on any atom is -0.381 e. The van der Waals surface area contributed by atoms with Crippen molar-refractivity contribution in [2.75, 3.05) is 39.4 Å². The maximum absolute atomic E-state index is 14.3. The number of piperazine rings is 1. The molecule has 122 valence electrons. The Morgan fingerprint density at radius 3 is 2.32 bits per heavy atom. The van der Waals surface area contributed by atoms with Crippen LogP contribution in [0.25, 0.3) is 0 Å². The van der Waals surface area contributed by atoms with Gasteiger partial charge in [0, 0.05) is 57.1 Å². The van der Waals surface area contributed by atoms with E-state index in [0.717, 1.165) is 45.1 Å². The lowest BCUT2D eigenvalue weighted by Crippen LogP contribution is -2.47. The molecule has 3 nitrogen and oxygen atoms in total. The van der Waals surface area contributed by atoms with E-state index in [4.69, 9.17) is 4.74 Å². The van der Waals surface area contributed by atoms with Gasteiger partial charge in [0.2, 0.25) is 0 Å². The standard InChI is InChI=1S/C16H21F3N2O/c17-13-10-15(19)14(18)9-12(13)16(11-1-7-22-8-2-11)21-5-3-20-4-6-21/h9-11,16,20H,1-8H2/t16-/m1/s1. The number of nitrogens with zero attached hydrogens (tertiary/aromatic N) is 1. The van der Waals surface area contributed by atoms with E-state index in [2.05, 4.69) is 10.2 Å². The van der Waals surface area contributed by atoms with Crippen LogP contribution in [0.3, 0.4) is 0 Å². The van der Waals surface area contributed by atoms with Gasteiger partial charge in [-0.2, -0.15) is 0 Å². The van der Waals surface area contributed by atoms with Gasteiger partial charge in [-0.3, -0.25) is 4.90 Å². The molecule has 0 aliphatic carbocycles.